The SMILES string of the molecule is O=C(O)c1ccc2c(c1)nc(-c1ccc3nc(-c4ccccc4)cnc3c1)n2CC1CCCCC1. The van der Waals surface area contributed by atoms with Crippen LogP contribution in [0.4, 0.5) is 0 Å². The van der Waals surface area contributed by atoms with Crippen molar-refractivity contribution < 1.29 is 9.90 Å². The molecule has 3 aromatic carbocycles. The highest BCUT2D eigenvalue weighted by atomic mass is 16.4. The lowest BCUT2D eigenvalue weighted by atomic mass is 9.89. The molecule has 0 amide bonds. The molecular weight excluding hydrogens is 436 g/mol. The summed E-state index contributed by atoms with van der Waals surface area (Å²) in [5, 5.41) is 9.47. The number of rotatable bonds is 5. The lowest BCUT2D eigenvalue weighted by molar-refractivity contribution is 0.0697. The van der Waals surface area contributed by atoms with E-state index in [-0.39, 0.29) is 5.56 Å². The summed E-state index contributed by atoms with van der Waals surface area (Å²) in [6, 6.07) is 21.4. The van der Waals surface area contributed by atoms with Gasteiger partial charge in [-0.3, -0.25) is 4.98 Å². The number of nitrogens with zero attached hydrogens (tertiary/aromatic N) is 4. The molecule has 2 aromatic heterocycles. The molecule has 0 unspecified atom stereocenters. The second-order valence-corrected chi connectivity index (χ2v) is 9.38. The summed E-state index contributed by atoms with van der Waals surface area (Å²) in [4.78, 5) is 26.0. The van der Waals surface area contributed by atoms with Gasteiger partial charge >= 0.3 is 5.97 Å². The Labute approximate surface area is 203 Å². The van der Waals surface area contributed by atoms with Gasteiger partial charge in [-0.05, 0) is 55.2 Å². The Bertz CT molecular complexity index is 1540. The number of carboxylic acids is 1. The molecule has 35 heavy (non-hydrogen) atoms. The van der Waals surface area contributed by atoms with Crippen LogP contribution in [0.2, 0.25) is 0 Å². The molecule has 0 aliphatic heterocycles. The number of carboxylic acid groups (broad SMARTS) is 1. The average Bonchev–Trinajstić information content (AvgIpc) is 3.26. The van der Waals surface area contributed by atoms with Crippen LogP contribution in [0.1, 0.15) is 42.5 Å². The quantitative estimate of drug-likeness (QED) is 0.319. The van der Waals surface area contributed by atoms with Crippen LogP contribution in [0, 0.1) is 5.92 Å². The molecule has 6 rings (SSSR count). The summed E-state index contributed by atoms with van der Waals surface area (Å²) in [6.07, 6.45) is 8.10. The van der Waals surface area contributed by atoms with Crippen LogP contribution in [0.15, 0.2) is 72.9 Å². The minimum atomic E-state index is -0.939. The largest absolute Gasteiger partial charge is 0.478 e. The van der Waals surface area contributed by atoms with Crippen molar-refractivity contribution in [1.29, 1.82) is 0 Å². The number of hydrogen-bond donors (Lipinski definition) is 1. The fourth-order valence-electron chi connectivity index (χ4n) is 5.19. The van der Waals surface area contributed by atoms with Crippen LogP contribution >= 0.6 is 0 Å². The van der Waals surface area contributed by atoms with Crippen molar-refractivity contribution >= 4 is 28.0 Å². The first-order valence-electron chi connectivity index (χ1n) is 12.2. The molecule has 1 saturated carbocycles. The van der Waals surface area contributed by atoms with Gasteiger partial charge in [-0.2, -0.15) is 0 Å². The first-order chi connectivity index (χ1) is 17.2. The first-order valence-corrected chi connectivity index (χ1v) is 12.2. The van der Waals surface area contributed by atoms with Gasteiger partial charge in [0.15, 0.2) is 0 Å². The minimum absolute atomic E-state index is 0.254. The third-order valence-electron chi connectivity index (χ3n) is 7.03. The van der Waals surface area contributed by atoms with Gasteiger partial charge in [0.2, 0.25) is 0 Å². The van der Waals surface area contributed by atoms with Gasteiger partial charge < -0.3 is 9.67 Å². The number of benzene rings is 3. The van der Waals surface area contributed by atoms with Gasteiger partial charge in [0.1, 0.15) is 5.82 Å². The van der Waals surface area contributed by atoms with Crippen LogP contribution < -0.4 is 0 Å². The van der Waals surface area contributed by atoms with Crippen LogP contribution in [-0.2, 0) is 6.54 Å². The summed E-state index contributed by atoms with van der Waals surface area (Å²) < 4.78 is 2.27. The van der Waals surface area contributed by atoms with Crippen LogP contribution in [0.5, 0.6) is 0 Å². The highest BCUT2D eigenvalue weighted by Crippen LogP contribution is 2.32. The molecule has 0 atom stereocenters. The van der Waals surface area contributed by atoms with Gasteiger partial charge in [0.25, 0.3) is 0 Å². The number of fused-ring (bicyclic) bond motifs is 2. The Hall–Kier alpha value is -4.06. The number of carbonyl (C=O) groups is 1. The normalized spacial score (nSPS) is 14.5. The molecule has 0 spiro atoms. The lowest BCUT2D eigenvalue weighted by Crippen LogP contribution is -2.15. The van der Waals surface area contributed by atoms with Crippen molar-refractivity contribution in [3.63, 3.8) is 0 Å². The summed E-state index contributed by atoms with van der Waals surface area (Å²) >= 11 is 0. The second kappa shape index (κ2) is 8.95. The van der Waals surface area contributed by atoms with Crippen LogP contribution in [0.3, 0.4) is 0 Å². The van der Waals surface area contributed by atoms with E-state index in [2.05, 4.69) is 4.57 Å². The van der Waals surface area contributed by atoms with Crippen molar-refractivity contribution in [3.05, 3.63) is 78.5 Å². The van der Waals surface area contributed by atoms with Crippen LogP contribution in [-0.4, -0.2) is 30.6 Å². The van der Waals surface area contributed by atoms with Gasteiger partial charge in [0.05, 0.1) is 39.5 Å². The smallest absolute Gasteiger partial charge is 0.335 e. The van der Waals surface area contributed by atoms with E-state index in [1.54, 1.807) is 12.1 Å². The Balaban J connectivity index is 1.44. The number of aromatic nitrogens is 4. The molecule has 5 aromatic rings. The Kier molecular flexibility index (Phi) is 5.49. The fraction of sp³-hybridized carbons (Fsp3) is 0.241. The Morgan fingerprint density at radius 2 is 1.69 bits per heavy atom. The van der Waals surface area contributed by atoms with Crippen molar-refractivity contribution in [2.75, 3.05) is 0 Å². The lowest BCUT2D eigenvalue weighted by Gasteiger charge is -2.23. The second-order valence-electron chi connectivity index (χ2n) is 9.38. The highest BCUT2D eigenvalue weighted by Gasteiger charge is 2.20. The van der Waals surface area contributed by atoms with E-state index in [9.17, 15) is 9.90 Å². The molecule has 0 radical (unpaired) electrons. The number of imidazole rings is 1. The highest BCUT2D eigenvalue weighted by molar-refractivity contribution is 5.93. The molecule has 6 heteroatoms. The summed E-state index contributed by atoms with van der Waals surface area (Å²) in [7, 11) is 0. The molecule has 1 N–H and O–H groups in total. The minimum Gasteiger partial charge on any atom is -0.478 e. The predicted octanol–water partition coefficient (Wildman–Crippen LogP) is 6.59. The molecule has 1 fully saturated rings. The van der Waals surface area contributed by atoms with E-state index < -0.39 is 5.97 Å². The number of hydrogen-bond acceptors (Lipinski definition) is 4. The molecule has 1 aliphatic carbocycles. The molecule has 2 heterocycles. The summed E-state index contributed by atoms with van der Waals surface area (Å²) in [5.74, 6) is 0.516. The third-order valence-corrected chi connectivity index (χ3v) is 7.03. The van der Waals surface area contributed by atoms with Gasteiger partial charge in [-0.15, -0.1) is 0 Å². The standard InChI is InChI=1S/C29H26N4O2/c34-29(35)22-12-14-27-25(16-22)32-28(33(27)18-19-7-3-1-4-8-19)21-11-13-23-24(15-21)30-17-26(31-23)20-9-5-2-6-10-20/h2,5-6,9-17,19H,1,3-4,7-8,18H2,(H,34,35). The molecule has 0 bridgehead atoms. The molecule has 1 aliphatic rings. The van der Waals surface area contributed by atoms with E-state index in [1.807, 2.05) is 60.8 Å². The van der Waals surface area contributed by atoms with E-state index in [4.69, 9.17) is 15.0 Å². The predicted molar refractivity (Wildman–Crippen MR) is 137 cm³/mol. The van der Waals surface area contributed by atoms with E-state index in [0.29, 0.717) is 11.4 Å². The van der Waals surface area contributed by atoms with Crippen molar-refractivity contribution in [3.8, 4) is 22.6 Å². The van der Waals surface area contributed by atoms with Gasteiger partial charge in [-0.25, -0.2) is 14.8 Å². The topological polar surface area (TPSA) is 80.9 Å². The number of aromatic carboxylic acids is 1. The maximum Gasteiger partial charge on any atom is 0.335 e. The summed E-state index contributed by atoms with van der Waals surface area (Å²) in [5.41, 5.74) is 6.42. The van der Waals surface area contributed by atoms with Gasteiger partial charge in [0, 0.05) is 17.7 Å². The average molecular weight is 463 g/mol. The van der Waals surface area contributed by atoms with E-state index in [1.165, 1.54) is 32.1 Å². The zero-order valence-corrected chi connectivity index (χ0v) is 19.4. The van der Waals surface area contributed by atoms with Crippen molar-refractivity contribution in [2.24, 2.45) is 5.92 Å². The van der Waals surface area contributed by atoms with Gasteiger partial charge in [-0.1, -0.05) is 49.6 Å². The van der Waals surface area contributed by atoms with Crippen molar-refractivity contribution in [1.82, 2.24) is 19.5 Å². The Morgan fingerprint density at radius 3 is 2.49 bits per heavy atom. The zero-order chi connectivity index (χ0) is 23.8. The zero-order valence-electron chi connectivity index (χ0n) is 19.4. The maximum absolute atomic E-state index is 11.5. The maximum atomic E-state index is 11.5. The van der Waals surface area contributed by atoms with E-state index in [0.717, 1.165) is 45.7 Å². The Morgan fingerprint density at radius 1 is 0.857 bits per heavy atom. The summed E-state index contributed by atoms with van der Waals surface area (Å²) in [6.45, 7) is 0.884. The van der Waals surface area contributed by atoms with Crippen LogP contribution in [0.25, 0.3) is 44.7 Å². The van der Waals surface area contributed by atoms with E-state index >= 15 is 0 Å². The molecule has 0 saturated heterocycles. The monoisotopic (exact) mass is 462 g/mol. The molecule has 174 valence electrons. The molecule has 6 nitrogen and oxygen atoms in total. The van der Waals surface area contributed by atoms with Crippen molar-refractivity contribution in [2.45, 2.75) is 38.6 Å². The third kappa shape index (κ3) is 4.16. The molecular formula is C29H26N4O2. The first kappa shape index (κ1) is 21.5. The fourth-order valence-corrected chi connectivity index (χ4v) is 5.19.